The van der Waals surface area contributed by atoms with Crippen LogP contribution in [0.2, 0.25) is 0 Å². The van der Waals surface area contributed by atoms with Crippen LogP contribution in [-0.2, 0) is 25.6 Å². The first-order valence-electron chi connectivity index (χ1n) is 9.25. The number of thioether (sulfide) groups is 1. The molecule has 0 bridgehead atoms. The number of benzene rings is 1. The standard InChI is InChI=1S/C20H20N4O5S2/c1-3-24-18(15-5-4-10-30-15)22-23-20(24)31-12-17(26)29-11-16(25)21-14-8-6-13(7-9-14)19(27)28-2/h4-10H,3,11-12H2,1-2H3,(H,21,25). The van der Waals surface area contributed by atoms with Crippen LogP contribution in [0.15, 0.2) is 46.9 Å². The number of hydrogen-bond donors (Lipinski definition) is 1. The van der Waals surface area contributed by atoms with Crippen molar-refractivity contribution >= 4 is 46.6 Å². The molecule has 9 nitrogen and oxygen atoms in total. The largest absolute Gasteiger partial charge is 0.465 e. The van der Waals surface area contributed by atoms with Gasteiger partial charge in [0, 0.05) is 12.2 Å². The van der Waals surface area contributed by atoms with E-state index in [9.17, 15) is 14.4 Å². The van der Waals surface area contributed by atoms with E-state index in [2.05, 4.69) is 20.3 Å². The first-order chi connectivity index (χ1) is 15.0. The van der Waals surface area contributed by atoms with Crippen LogP contribution in [0.4, 0.5) is 5.69 Å². The smallest absolute Gasteiger partial charge is 0.337 e. The average Bonchev–Trinajstić information content (AvgIpc) is 3.45. The highest BCUT2D eigenvalue weighted by Gasteiger charge is 2.16. The summed E-state index contributed by atoms with van der Waals surface area (Å²) in [6, 6.07) is 10.1. The summed E-state index contributed by atoms with van der Waals surface area (Å²) in [6.07, 6.45) is 0. The van der Waals surface area contributed by atoms with E-state index in [4.69, 9.17) is 4.74 Å². The molecule has 1 amide bonds. The first-order valence-corrected chi connectivity index (χ1v) is 11.1. The third kappa shape index (κ3) is 5.92. The van der Waals surface area contributed by atoms with Gasteiger partial charge >= 0.3 is 11.9 Å². The second-order valence-corrected chi connectivity index (χ2v) is 7.98. The minimum Gasteiger partial charge on any atom is -0.465 e. The van der Waals surface area contributed by atoms with Crippen molar-refractivity contribution in [3.63, 3.8) is 0 Å². The minimum atomic E-state index is -0.537. The molecule has 0 spiro atoms. The van der Waals surface area contributed by atoms with Crippen LogP contribution < -0.4 is 5.32 Å². The van der Waals surface area contributed by atoms with Crippen LogP contribution >= 0.6 is 23.1 Å². The fraction of sp³-hybridized carbons (Fsp3) is 0.250. The number of ether oxygens (including phenoxy) is 2. The third-order valence-electron chi connectivity index (χ3n) is 4.05. The summed E-state index contributed by atoms with van der Waals surface area (Å²) in [5.41, 5.74) is 0.839. The minimum absolute atomic E-state index is 0.00365. The summed E-state index contributed by atoms with van der Waals surface area (Å²) in [5, 5.41) is 13.5. The van der Waals surface area contributed by atoms with E-state index in [1.807, 2.05) is 29.0 Å². The fourth-order valence-electron chi connectivity index (χ4n) is 2.58. The number of carbonyl (C=O) groups is 3. The molecular formula is C20H20N4O5S2. The lowest BCUT2D eigenvalue weighted by atomic mass is 10.2. The molecule has 2 aromatic heterocycles. The van der Waals surface area contributed by atoms with Gasteiger partial charge in [-0.05, 0) is 42.6 Å². The van der Waals surface area contributed by atoms with Gasteiger partial charge in [-0.25, -0.2) is 4.79 Å². The monoisotopic (exact) mass is 460 g/mol. The number of rotatable bonds is 9. The molecule has 162 valence electrons. The van der Waals surface area contributed by atoms with Crippen molar-refractivity contribution in [3.8, 4) is 10.7 Å². The van der Waals surface area contributed by atoms with Crippen LogP contribution in [0.3, 0.4) is 0 Å². The van der Waals surface area contributed by atoms with Gasteiger partial charge in [0.25, 0.3) is 5.91 Å². The molecule has 0 aliphatic heterocycles. The Kier molecular flexibility index (Phi) is 7.79. The van der Waals surface area contributed by atoms with Crippen molar-refractivity contribution in [1.82, 2.24) is 14.8 Å². The third-order valence-corrected chi connectivity index (χ3v) is 5.85. The Hall–Kier alpha value is -3.18. The second-order valence-electron chi connectivity index (χ2n) is 6.09. The van der Waals surface area contributed by atoms with Crippen LogP contribution in [0.5, 0.6) is 0 Å². The summed E-state index contributed by atoms with van der Waals surface area (Å²) >= 11 is 2.77. The van der Waals surface area contributed by atoms with Gasteiger partial charge in [0.15, 0.2) is 17.6 Å². The zero-order chi connectivity index (χ0) is 22.2. The van der Waals surface area contributed by atoms with Crippen LogP contribution in [0.1, 0.15) is 17.3 Å². The first kappa shape index (κ1) is 22.5. The van der Waals surface area contributed by atoms with Gasteiger partial charge in [0.2, 0.25) is 0 Å². The summed E-state index contributed by atoms with van der Waals surface area (Å²) in [5.74, 6) is -0.731. The lowest BCUT2D eigenvalue weighted by Crippen LogP contribution is -2.21. The van der Waals surface area contributed by atoms with Gasteiger partial charge in [-0.3, -0.25) is 9.59 Å². The molecular weight excluding hydrogens is 440 g/mol. The van der Waals surface area contributed by atoms with Crippen LogP contribution in [0, 0.1) is 0 Å². The van der Waals surface area contributed by atoms with Gasteiger partial charge in [-0.2, -0.15) is 0 Å². The van der Waals surface area contributed by atoms with E-state index in [0.717, 1.165) is 10.7 Å². The maximum absolute atomic E-state index is 12.0. The highest BCUT2D eigenvalue weighted by Crippen LogP contribution is 2.27. The number of methoxy groups -OCH3 is 1. The maximum atomic E-state index is 12.0. The molecule has 0 aliphatic rings. The van der Waals surface area contributed by atoms with Crippen molar-refractivity contribution < 1.29 is 23.9 Å². The molecule has 0 atom stereocenters. The molecule has 3 aromatic rings. The summed E-state index contributed by atoms with van der Waals surface area (Å²) in [4.78, 5) is 36.4. The Balaban J connectivity index is 1.46. The predicted molar refractivity (Wildman–Crippen MR) is 117 cm³/mol. The number of carbonyl (C=O) groups excluding carboxylic acids is 3. The number of aromatic nitrogens is 3. The molecule has 0 unspecified atom stereocenters. The molecule has 31 heavy (non-hydrogen) atoms. The van der Waals surface area contributed by atoms with E-state index >= 15 is 0 Å². The van der Waals surface area contributed by atoms with Crippen molar-refractivity contribution in [3.05, 3.63) is 47.3 Å². The second kappa shape index (κ2) is 10.7. The highest BCUT2D eigenvalue weighted by molar-refractivity contribution is 7.99. The lowest BCUT2D eigenvalue weighted by Gasteiger charge is -2.08. The van der Waals surface area contributed by atoms with E-state index in [1.54, 1.807) is 23.5 Å². The Morgan fingerprint density at radius 2 is 1.94 bits per heavy atom. The van der Waals surface area contributed by atoms with Gasteiger partial charge in [-0.15, -0.1) is 21.5 Å². The van der Waals surface area contributed by atoms with Gasteiger partial charge in [0.05, 0.1) is 23.3 Å². The van der Waals surface area contributed by atoms with Crippen molar-refractivity contribution in [2.24, 2.45) is 0 Å². The molecule has 1 N–H and O–H groups in total. The molecule has 0 saturated heterocycles. The Bertz CT molecular complexity index is 1050. The quantitative estimate of drug-likeness (QED) is 0.383. The van der Waals surface area contributed by atoms with Gasteiger partial charge < -0.3 is 19.4 Å². The fourth-order valence-corrected chi connectivity index (χ4v) is 4.10. The molecule has 0 aliphatic carbocycles. The Morgan fingerprint density at radius 3 is 2.58 bits per heavy atom. The molecule has 1 aromatic carbocycles. The van der Waals surface area contributed by atoms with E-state index in [1.165, 1.54) is 31.0 Å². The number of amides is 1. The number of nitrogens with zero attached hydrogens (tertiary/aromatic N) is 3. The van der Waals surface area contributed by atoms with Crippen LogP contribution in [0.25, 0.3) is 10.7 Å². The Morgan fingerprint density at radius 1 is 1.16 bits per heavy atom. The van der Waals surface area contributed by atoms with E-state index in [0.29, 0.717) is 23.0 Å². The number of anilines is 1. The van der Waals surface area contributed by atoms with Crippen molar-refractivity contribution in [1.29, 1.82) is 0 Å². The van der Waals surface area contributed by atoms with Gasteiger partial charge in [-0.1, -0.05) is 17.8 Å². The van der Waals surface area contributed by atoms with E-state index in [-0.39, 0.29) is 5.75 Å². The number of thiophene rings is 1. The van der Waals surface area contributed by atoms with Crippen molar-refractivity contribution in [2.45, 2.75) is 18.6 Å². The molecule has 0 radical (unpaired) electrons. The normalized spacial score (nSPS) is 10.5. The van der Waals surface area contributed by atoms with Gasteiger partial charge in [0.1, 0.15) is 0 Å². The molecule has 2 heterocycles. The molecule has 0 fully saturated rings. The number of esters is 2. The maximum Gasteiger partial charge on any atom is 0.337 e. The zero-order valence-electron chi connectivity index (χ0n) is 16.9. The Labute approximate surface area is 186 Å². The average molecular weight is 461 g/mol. The predicted octanol–water partition coefficient (Wildman–Crippen LogP) is 3.09. The molecule has 11 heteroatoms. The lowest BCUT2D eigenvalue weighted by molar-refractivity contribution is -0.144. The summed E-state index contributed by atoms with van der Waals surface area (Å²) < 4.78 is 11.6. The topological polar surface area (TPSA) is 112 Å². The van der Waals surface area contributed by atoms with E-state index < -0.39 is 24.5 Å². The molecule has 3 rings (SSSR count). The zero-order valence-corrected chi connectivity index (χ0v) is 18.5. The number of hydrogen-bond acceptors (Lipinski definition) is 9. The summed E-state index contributed by atoms with van der Waals surface area (Å²) in [7, 11) is 1.29. The SMILES string of the molecule is CCn1c(SCC(=O)OCC(=O)Nc2ccc(C(=O)OC)cc2)nnc1-c1cccs1. The summed E-state index contributed by atoms with van der Waals surface area (Å²) in [6.45, 7) is 2.22. The number of nitrogens with one attached hydrogen (secondary N) is 1. The highest BCUT2D eigenvalue weighted by atomic mass is 32.2. The molecule has 0 saturated carbocycles. The van der Waals surface area contributed by atoms with Crippen LogP contribution in [-0.4, -0.2) is 52.1 Å². The van der Waals surface area contributed by atoms with Crippen molar-refractivity contribution in [2.75, 3.05) is 24.8 Å².